The van der Waals surface area contributed by atoms with Crippen LogP contribution in [0.4, 0.5) is 0 Å². The van der Waals surface area contributed by atoms with E-state index in [1.54, 1.807) is 0 Å². The van der Waals surface area contributed by atoms with Crippen molar-refractivity contribution in [1.82, 2.24) is 16.0 Å². The minimum Gasteiger partial charge on any atom is -0.481 e. The van der Waals surface area contributed by atoms with E-state index in [0.717, 1.165) is 0 Å². The fraction of sp³-hybridized carbons (Fsp3) is 0.588. The molecule has 0 aliphatic carbocycles. The number of primary amides is 1. The second-order valence-corrected chi connectivity index (χ2v) is 6.89. The van der Waals surface area contributed by atoms with Crippen molar-refractivity contribution in [3.63, 3.8) is 0 Å². The lowest BCUT2D eigenvalue weighted by Gasteiger charge is -2.23. The lowest BCUT2D eigenvalue weighted by molar-refractivity contribution is -0.141. The average Bonchev–Trinajstić information content (AvgIpc) is 2.70. The standard InChI is InChI=1S/C17H30N8O8/c18-8(2-1-5-22-17(20)21)14(31)25-10(6-12(27)28)16(33)24-9(3-4-11(19)26)15(32)23-7-13(29)30/h8-10H,1-7,18H2,(H2,19,26)(H,23,32)(H,24,33)(H,25,31)(H,27,28)(H,29,30)(H4,20,21,22). The molecule has 0 fully saturated rings. The maximum absolute atomic E-state index is 12.6. The number of carbonyl (C=O) groups excluding carboxylic acids is 4. The molecule has 0 saturated carbocycles. The molecule has 0 aromatic carbocycles. The summed E-state index contributed by atoms with van der Waals surface area (Å²) in [6.45, 7) is -0.554. The number of carboxylic acid groups (broad SMARTS) is 2. The van der Waals surface area contributed by atoms with E-state index in [1.165, 1.54) is 0 Å². The van der Waals surface area contributed by atoms with Crippen LogP contribution in [-0.2, 0) is 28.8 Å². The van der Waals surface area contributed by atoms with Gasteiger partial charge in [0.25, 0.3) is 0 Å². The van der Waals surface area contributed by atoms with E-state index < -0.39 is 66.7 Å². The Morgan fingerprint density at radius 2 is 1.42 bits per heavy atom. The van der Waals surface area contributed by atoms with Crippen molar-refractivity contribution in [1.29, 1.82) is 0 Å². The Balaban J connectivity index is 5.22. The molecule has 0 saturated heterocycles. The number of carbonyl (C=O) groups is 6. The molecule has 33 heavy (non-hydrogen) atoms. The molecule has 3 atom stereocenters. The predicted molar refractivity (Wildman–Crippen MR) is 113 cm³/mol. The highest BCUT2D eigenvalue weighted by molar-refractivity contribution is 5.95. The molecule has 16 nitrogen and oxygen atoms in total. The quantitative estimate of drug-likeness (QED) is 0.0581. The van der Waals surface area contributed by atoms with Gasteiger partial charge in [0.15, 0.2) is 5.96 Å². The molecule has 13 N–H and O–H groups in total. The zero-order valence-corrected chi connectivity index (χ0v) is 17.8. The highest BCUT2D eigenvalue weighted by Crippen LogP contribution is 2.03. The molecule has 0 bridgehead atoms. The van der Waals surface area contributed by atoms with Crippen LogP contribution >= 0.6 is 0 Å². The van der Waals surface area contributed by atoms with Gasteiger partial charge in [0.05, 0.1) is 12.5 Å². The van der Waals surface area contributed by atoms with Gasteiger partial charge in [0.1, 0.15) is 18.6 Å². The third-order valence-corrected chi connectivity index (χ3v) is 4.04. The first-order valence-electron chi connectivity index (χ1n) is 9.74. The van der Waals surface area contributed by atoms with E-state index in [9.17, 15) is 28.8 Å². The number of nitrogens with two attached hydrogens (primary N) is 4. The van der Waals surface area contributed by atoms with E-state index in [-0.39, 0.29) is 31.8 Å². The SMILES string of the molecule is NC(=O)CCC(NC(=O)C(CC(=O)O)NC(=O)C(N)CCCN=C(N)N)C(=O)NCC(=O)O. The van der Waals surface area contributed by atoms with Gasteiger partial charge in [0.2, 0.25) is 23.6 Å². The minimum atomic E-state index is -1.61. The molecule has 16 heteroatoms. The number of aliphatic imine (C=N–C) groups is 1. The molecule has 4 amide bonds. The van der Waals surface area contributed by atoms with Gasteiger partial charge in [-0.15, -0.1) is 0 Å². The van der Waals surface area contributed by atoms with Gasteiger partial charge in [-0.2, -0.15) is 0 Å². The fourth-order valence-corrected chi connectivity index (χ4v) is 2.43. The molecule has 0 aromatic rings. The van der Waals surface area contributed by atoms with E-state index >= 15 is 0 Å². The molecule has 0 aromatic heterocycles. The first-order chi connectivity index (χ1) is 15.3. The Morgan fingerprint density at radius 1 is 0.818 bits per heavy atom. The summed E-state index contributed by atoms with van der Waals surface area (Å²) in [5.41, 5.74) is 21.1. The maximum atomic E-state index is 12.6. The van der Waals surface area contributed by atoms with Crippen molar-refractivity contribution in [2.75, 3.05) is 13.1 Å². The number of hydrogen-bond acceptors (Lipinski definition) is 8. The van der Waals surface area contributed by atoms with Crippen molar-refractivity contribution < 1.29 is 39.0 Å². The number of guanidine groups is 1. The largest absolute Gasteiger partial charge is 0.481 e. The van der Waals surface area contributed by atoms with Crippen LogP contribution in [0, 0.1) is 0 Å². The summed E-state index contributed by atoms with van der Waals surface area (Å²) in [6.07, 6.45) is -0.992. The van der Waals surface area contributed by atoms with Gasteiger partial charge in [0, 0.05) is 13.0 Å². The second kappa shape index (κ2) is 15.0. The van der Waals surface area contributed by atoms with E-state index in [0.29, 0.717) is 6.42 Å². The smallest absolute Gasteiger partial charge is 0.322 e. The van der Waals surface area contributed by atoms with Crippen LogP contribution in [0.5, 0.6) is 0 Å². The van der Waals surface area contributed by atoms with Gasteiger partial charge in [-0.3, -0.25) is 33.8 Å². The van der Waals surface area contributed by atoms with E-state index in [4.69, 9.17) is 33.1 Å². The molecule has 186 valence electrons. The third-order valence-electron chi connectivity index (χ3n) is 4.04. The van der Waals surface area contributed by atoms with Gasteiger partial charge in [-0.1, -0.05) is 0 Å². The third kappa shape index (κ3) is 13.9. The zero-order chi connectivity index (χ0) is 25.6. The molecule has 0 aliphatic rings. The van der Waals surface area contributed by atoms with Crippen molar-refractivity contribution in [2.45, 2.75) is 50.2 Å². The summed E-state index contributed by atoms with van der Waals surface area (Å²) in [5, 5.41) is 24.2. The van der Waals surface area contributed by atoms with Crippen LogP contribution in [-0.4, -0.2) is 83.0 Å². The Labute approximate surface area is 188 Å². The summed E-state index contributed by atoms with van der Waals surface area (Å²) in [6, 6.07) is -4.12. The molecule has 0 radical (unpaired) electrons. The molecule has 0 rings (SSSR count). The fourth-order valence-electron chi connectivity index (χ4n) is 2.43. The van der Waals surface area contributed by atoms with Crippen LogP contribution in [0.3, 0.4) is 0 Å². The van der Waals surface area contributed by atoms with Gasteiger partial charge in [-0.05, 0) is 19.3 Å². The van der Waals surface area contributed by atoms with Crippen LogP contribution in [0.15, 0.2) is 4.99 Å². The number of hydrogen-bond donors (Lipinski definition) is 9. The van der Waals surface area contributed by atoms with Crippen molar-refractivity contribution >= 4 is 41.5 Å². The Hall–Kier alpha value is -3.95. The van der Waals surface area contributed by atoms with Crippen molar-refractivity contribution in [2.24, 2.45) is 27.9 Å². The second-order valence-electron chi connectivity index (χ2n) is 6.89. The summed E-state index contributed by atoms with van der Waals surface area (Å²) in [7, 11) is 0. The number of carboxylic acids is 2. The van der Waals surface area contributed by atoms with Crippen molar-refractivity contribution in [3.05, 3.63) is 0 Å². The van der Waals surface area contributed by atoms with Crippen LogP contribution in [0.25, 0.3) is 0 Å². The van der Waals surface area contributed by atoms with Crippen LogP contribution in [0.2, 0.25) is 0 Å². The molecule has 3 unspecified atom stereocenters. The number of nitrogens with one attached hydrogen (secondary N) is 3. The maximum Gasteiger partial charge on any atom is 0.322 e. The summed E-state index contributed by atoms with van der Waals surface area (Å²) in [5.74, 6) is -6.53. The number of amides is 4. The topological polar surface area (TPSA) is 295 Å². The number of aliphatic carboxylic acids is 2. The van der Waals surface area contributed by atoms with E-state index in [2.05, 4.69) is 15.6 Å². The first-order valence-corrected chi connectivity index (χ1v) is 9.74. The Kier molecular flexibility index (Phi) is 13.2. The van der Waals surface area contributed by atoms with E-state index in [1.807, 2.05) is 5.32 Å². The summed E-state index contributed by atoms with van der Waals surface area (Å²) in [4.78, 5) is 73.6. The molecule has 0 spiro atoms. The number of nitrogens with zero attached hydrogens (tertiary/aromatic N) is 1. The monoisotopic (exact) mass is 474 g/mol. The highest BCUT2D eigenvalue weighted by atomic mass is 16.4. The predicted octanol–water partition coefficient (Wildman–Crippen LogP) is -4.72. The molecular weight excluding hydrogens is 444 g/mol. The summed E-state index contributed by atoms with van der Waals surface area (Å²) < 4.78 is 0. The Bertz CT molecular complexity index is 768. The summed E-state index contributed by atoms with van der Waals surface area (Å²) >= 11 is 0. The molecule has 0 heterocycles. The Morgan fingerprint density at radius 3 is 1.94 bits per heavy atom. The highest BCUT2D eigenvalue weighted by Gasteiger charge is 2.30. The minimum absolute atomic E-state index is 0.128. The molecule has 0 aliphatic heterocycles. The van der Waals surface area contributed by atoms with Gasteiger partial charge < -0.3 is 49.1 Å². The van der Waals surface area contributed by atoms with Gasteiger partial charge in [-0.25, -0.2) is 0 Å². The van der Waals surface area contributed by atoms with Crippen LogP contribution in [0.1, 0.15) is 32.1 Å². The number of rotatable bonds is 16. The molecular formula is C17H30N8O8. The zero-order valence-electron chi connectivity index (χ0n) is 17.8. The van der Waals surface area contributed by atoms with Crippen LogP contribution < -0.4 is 38.9 Å². The van der Waals surface area contributed by atoms with Gasteiger partial charge >= 0.3 is 11.9 Å². The lowest BCUT2D eigenvalue weighted by atomic mass is 10.1. The average molecular weight is 474 g/mol. The normalized spacial score (nSPS) is 13.0. The van der Waals surface area contributed by atoms with Crippen molar-refractivity contribution in [3.8, 4) is 0 Å². The lowest BCUT2D eigenvalue weighted by Crippen LogP contribution is -2.56. The first kappa shape index (κ1) is 29.0.